The maximum atomic E-state index is 12.6. The van der Waals surface area contributed by atoms with Gasteiger partial charge in [0.25, 0.3) is 0 Å². The SMILES string of the molecule is CNCC1CCN(S(=O)(=O)c2cc(Br)ccc2Cl)CC1. The van der Waals surface area contributed by atoms with Crippen molar-refractivity contribution in [2.75, 3.05) is 26.7 Å². The Bertz CT molecular complexity index is 572. The standard InChI is InChI=1S/C13H18BrClN2O2S/c1-16-9-10-4-6-17(7-5-10)20(18,19)13-8-11(14)2-3-12(13)15/h2-3,8,10,16H,4-7,9H2,1H3. The van der Waals surface area contributed by atoms with E-state index >= 15 is 0 Å². The van der Waals surface area contributed by atoms with Gasteiger partial charge in [-0.15, -0.1) is 0 Å². The molecule has 1 aromatic rings. The molecule has 1 aliphatic heterocycles. The fourth-order valence-corrected chi connectivity index (χ4v) is 4.94. The van der Waals surface area contributed by atoms with Crippen LogP contribution in [0.25, 0.3) is 0 Å². The zero-order valence-corrected chi connectivity index (χ0v) is 14.4. The number of halogens is 2. The molecule has 0 saturated carbocycles. The molecule has 1 heterocycles. The number of hydrogen-bond donors (Lipinski definition) is 1. The van der Waals surface area contributed by atoms with Crippen molar-refractivity contribution >= 4 is 37.6 Å². The summed E-state index contributed by atoms with van der Waals surface area (Å²) in [6, 6.07) is 4.91. The largest absolute Gasteiger partial charge is 0.319 e. The van der Waals surface area contributed by atoms with Crippen LogP contribution in [0.4, 0.5) is 0 Å². The van der Waals surface area contributed by atoms with E-state index in [2.05, 4.69) is 21.2 Å². The van der Waals surface area contributed by atoms with Gasteiger partial charge in [-0.2, -0.15) is 4.31 Å². The van der Waals surface area contributed by atoms with Gasteiger partial charge >= 0.3 is 0 Å². The number of nitrogens with zero attached hydrogens (tertiary/aromatic N) is 1. The highest BCUT2D eigenvalue weighted by Crippen LogP contribution is 2.30. The van der Waals surface area contributed by atoms with Crippen molar-refractivity contribution in [3.05, 3.63) is 27.7 Å². The van der Waals surface area contributed by atoms with Crippen molar-refractivity contribution in [3.8, 4) is 0 Å². The topological polar surface area (TPSA) is 49.4 Å². The summed E-state index contributed by atoms with van der Waals surface area (Å²) in [5, 5.41) is 3.41. The molecule has 1 saturated heterocycles. The number of sulfonamides is 1. The summed E-state index contributed by atoms with van der Waals surface area (Å²) in [6.45, 7) is 2.04. The molecular weight excluding hydrogens is 364 g/mol. The Morgan fingerprint density at radius 1 is 1.40 bits per heavy atom. The minimum Gasteiger partial charge on any atom is -0.319 e. The molecule has 0 aromatic heterocycles. The number of hydrogen-bond acceptors (Lipinski definition) is 3. The van der Waals surface area contributed by atoms with E-state index in [9.17, 15) is 8.42 Å². The van der Waals surface area contributed by atoms with Crippen molar-refractivity contribution in [3.63, 3.8) is 0 Å². The van der Waals surface area contributed by atoms with Gasteiger partial charge in [0, 0.05) is 17.6 Å². The predicted molar refractivity (Wildman–Crippen MR) is 84.6 cm³/mol. The molecule has 1 fully saturated rings. The van der Waals surface area contributed by atoms with Gasteiger partial charge < -0.3 is 5.32 Å². The second-order valence-electron chi connectivity index (χ2n) is 4.98. The van der Waals surface area contributed by atoms with Crippen LogP contribution in [0, 0.1) is 5.92 Å². The van der Waals surface area contributed by atoms with Crippen LogP contribution >= 0.6 is 27.5 Å². The molecule has 7 heteroatoms. The Morgan fingerprint density at radius 2 is 2.05 bits per heavy atom. The van der Waals surface area contributed by atoms with Crippen molar-refractivity contribution < 1.29 is 8.42 Å². The summed E-state index contributed by atoms with van der Waals surface area (Å²) < 4.78 is 27.5. The Kier molecular flexibility index (Phi) is 5.48. The molecule has 1 aromatic carbocycles. The lowest BCUT2D eigenvalue weighted by Crippen LogP contribution is -2.40. The van der Waals surface area contributed by atoms with E-state index < -0.39 is 10.0 Å². The fraction of sp³-hybridized carbons (Fsp3) is 0.538. The summed E-state index contributed by atoms with van der Waals surface area (Å²) in [6.07, 6.45) is 1.76. The van der Waals surface area contributed by atoms with E-state index in [-0.39, 0.29) is 9.92 Å². The molecule has 0 radical (unpaired) electrons. The molecule has 112 valence electrons. The van der Waals surface area contributed by atoms with E-state index in [1.807, 2.05) is 7.05 Å². The number of nitrogens with one attached hydrogen (secondary N) is 1. The van der Waals surface area contributed by atoms with Gasteiger partial charge in [0.1, 0.15) is 4.90 Å². The van der Waals surface area contributed by atoms with Crippen molar-refractivity contribution in [2.24, 2.45) is 5.92 Å². The molecule has 0 spiro atoms. The zero-order valence-electron chi connectivity index (χ0n) is 11.3. The first-order valence-corrected chi connectivity index (χ1v) is 9.16. The van der Waals surface area contributed by atoms with Crippen LogP contribution in [0.3, 0.4) is 0 Å². The van der Waals surface area contributed by atoms with E-state index in [4.69, 9.17) is 11.6 Å². The van der Waals surface area contributed by atoms with Crippen LogP contribution in [0.5, 0.6) is 0 Å². The second kappa shape index (κ2) is 6.75. The molecule has 0 aliphatic carbocycles. The molecule has 0 amide bonds. The monoisotopic (exact) mass is 380 g/mol. The first-order valence-electron chi connectivity index (χ1n) is 6.55. The lowest BCUT2D eigenvalue weighted by molar-refractivity contribution is 0.270. The molecule has 1 aliphatic rings. The summed E-state index contributed by atoms with van der Waals surface area (Å²) in [5.74, 6) is 0.546. The van der Waals surface area contributed by atoms with Gasteiger partial charge in [-0.3, -0.25) is 0 Å². The second-order valence-corrected chi connectivity index (χ2v) is 8.21. The number of benzene rings is 1. The smallest absolute Gasteiger partial charge is 0.244 e. The first-order chi connectivity index (χ1) is 9.45. The van der Waals surface area contributed by atoms with Gasteiger partial charge in [0.15, 0.2) is 0 Å². The normalized spacial score (nSPS) is 18.4. The maximum Gasteiger partial charge on any atom is 0.244 e. The van der Waals surface area contributed by atoms with E-state index in [1.54, 1.807) is 18.2 Å². The van der Waals surface area contributed by atoms with E-state index in [0.29, 0.717) is 23.5 Å². The molecular formula is C13H18BrClN2O2S. The van der Waals surface area contributed by atoms with Gasteiger partial charge in [-0.1, -0.05) is 27.5 Å². The van der Waals surface area contributed by atoms with Crippen LogP contribution in [-0.2, 0) is 10.0 Å². The highest BCUT2D eigenvalue weighted by molar-refractivity contribution is 9.10. The van der Waals surface area contributed by atoms with Crippen molar-refractivity contribution in [1.82, 2.24) is 9.62 Å². The fourth-order valence-electron chi connectivity index (χ4n) is 2.46. The third-order valence-corrected chi connectivity index (χ3v) is 6.45. The molecule has 20 heavy (non-hydrogen) atoms. The van der Waals surface area contributed by atoms with Crippen LogP contribution < -0.4 is 5.32 Å². The molecule has 2 rings (SSSR count). The number of piperidine rings is 1. The molecule has 0 unspecified atom stereocenters. The molecule has 0 bridgehead atoms. The Labute approximate surface area is 133 Å². The van der Waals surface area contributed by atoms with Gasteiger partial charge in [0.2, 0.25) is 10.0 Å². The van der Waals surface area contributed by atoms with Gasteiger partial charge in [-0.05, 0) is 50.6 Å². The van der Waals surface area contributed by atoms with Crippen LogP contribution in [0.2, 0.25) is 5.02 Å². The first kappa shape index (κ1) is 16.2. The lowest BCUT2D eigenvalue weighted by atomic mass is 9.98. The molecule has 4 nitrogen and oxygen atoms in total. The van der Waals surface area contributed by atoms with Crippen LogP contribution in [0.1, 0.15) is 12.8 Å². The zero-order chi connectivity index (χ0) is 14.8. The molecule has 0 atom stereocenters. The quantitative estimate of drug-likeness (QED) is 0.872. The highest BCUT2D eigenvalue weighted by atomic mass is 79.9. The van der Waals surface area contributed by atoms with Crippen molar-refractivity contribution in [2.45, 2.75) is 17.7 Å². The summed E-state index contributed by atoms with van der Waals surface area (Å²) in [7, 11) is -1.58. The average Bonchev–Trinajstić information content (AvgIpc) is 2.42. The highest BCUT2D eigenvalue weighted by Gasteiger charge is 2.30. The summed E-state index contributed by atoms with van der Waals surface area (Å²) >= 11 is 9.33. The Balaban J connectivity index is 2.18. The third kappa shape index (κ3) is 3.54. The average molecular weight is 382 g/mol. The minimum absolute atomic E-state index is 0.181. The Hall–Kier alpha value is -0.140. The van der Waals surface area contributed by atoms with E-state index in [1.165, 1.54) is 4.31 Å². The third-order valence-electron chi connectivity index (χ3n) is 3.58. The van der Waals surface area contributed by atoms with Gasteiger partial charge in [-0.25, -0.2) is 8.42 Å². The lowest BCUT2D eigenvalue weighted by Gasteiger charge is -2.31. The van der Waals surface area contributed by atoms with Crippen LogP contribution in [0.15, 0.2) is 27.6 Å². The van der Waals surface area contributed by atoms with Crippen LogP contribution in [-0.4, -0.2) is 39.4 Å². The van der Waals surface area contributed by atoms with E-state index in [0.717, 1.165) is 19.4 Å². The van der Waals surface area contributed by atoms with Gasteiger partial charge in [0.05, 0.1) is 5.02 Å². The predicted octanol–water partition coefficient (Wildman–Crippen LogP) is 2.72. The summed E-state index contributed by atoms with van der Waals surface area (Å²) in [5.41, 5.74) is 0. The number of rotatable bonds is 4. The Morgan fingerprint density at radius 3 is 2.65 bits per heavy atom. The summed E-state index contributed by atoms with van der Waals surface area (Å²) in [4.78, 5) is 0.181. The molecule has 1 N–H and O–H groups in total. The minimum atomic E-state index is -3.50. The maximum absolute atomic E-state index is 12.6. The van der Waals surface area contributed by atoms with Crippen molar-refractivity contribution in [1.29, 1.82) is 0 Å².